The van der Waals surface area contributed by atoms with Crippen LogP contribution in [0.5, 0.6) is 0 Å². The van der Waals surface area contributed by atoms with Gasteiger partial charge in [0.2, 0.25) is 0 Å². The molecule has 3 rings (SSSR count). The van der Waals surface area contributed by atoms with E-state index in [9.17, 15) is 0 Å². The van der Waals surface area contributed by atoms with Gasteiger partial charge >= 0.3 is 0 Å². The van der Waals surface area contributed by atoms with Gasteiger partial charge in [-0.3, -0.25) is 4.90 Å². The van der Waals surface area contributed by atoms with Crippen LogP contribution < -0.4 is 5.73 Å². The molecule has 0 aliphatic carbocycles. The van der Waals surface area contributed by atoms with Crippen molar-refractivity contribution >= 4 is 5.82 Å². The number of piperidine rings is 1. The SMILES string of the molecule is Nc1cc(CN2CCC(Cc3ccccc3)CC2)ccn1. The summed E-state index contributed by atoms with van der Waals surface area (Å²) in [4.78, 5) is 6.58. The van der Waals surface area contributed by atoms with Crippen LogP contribution in [0, 0.1) is 5.92 Å². The first kappa shape index (κ1) is 14.1. The van der Waals surface area contributed by atoms with Gasteiger partial charge in [0, 0.05) is 12.7 Å². The number of hydrogen-bond donors (Lipinski definition) is 1. The molecule has 0 bridgehead atoms. The number of nitrogen functional groups attached to an aromatic ring is 1. The number of aromatic nitrogens is 1. The minimum absolute atomic E-state index is 0.617. The van der Waals surface area contributed by atoms with Gasteiger partial charge < -0.3 is 5.73 Å². The van der Waals surface area contributed by atoms with Crippen molar-refractivity contribution in [1.29, 1.82) is 0 Å². The van der Waals surface area contributed by atoms with Gasteiger partial charge in [0.1, 0.15) is 5.82 Å². The van der Waals surface area contributed by atoms with Crippen LogP contribution >= 0.6 is 0 Å². The number of rotatable bonds is 4. The molecule has 1 aromatic heterocycles. The fraction of sp³-hybridized carbons (Fsp3) is 0.389. The second kappa shape index (κ2) is 6.72. The average Bonchev–Trinajstić information content (AvgIpc) is 2.50. The first-order valence-corrected chi connectivity index (χ1v) is 7.76. The molecular formula is C18H23N3. The second-order valence-electron chi connectivity index (χ2n) is 6.00. The van der Waals surface area contributed by atoms with E-state index >= 15 is 0 Å². The largest absolute Gasteiger partial charge is 0.384 e. The van der Waals surface area contributed by atoms with Crippen LogP contribution in [-0.4, -0.2) is 23.0 Å². The van der Waals surface area contributed by atoms with Gasteiger partial charge in [0.05, 0.1) is 0 Å². The van der Waals surface area contributed by atoms with Gasteiger partial charge in [-0.05, 0) is 61.5 Å². The standard InChI is InChI=1S/C18H23N3/c19-18-13-17(6-9-20-18)14-21-10-7-16(8-11-21)12-15-4-2-1-3-5-15/h1-6,9,13,16H,7-8,10-12,14H2,(H2,19,20). The van der Waals surface area contributed by atoms with Crippen molar-refractivity contribution in [2.45, 2.75) is 25.8 Å². The van der Waals surface area contributed by atoms with E-state index in [1.807, 2.05) is 6.07 Å². The zero-order valence-corrected chi connectivity index (χ0v) is 12.4. The van der Waals surface area contributed by atoms with Crippen LogP contribution in [0.2, 0.25) is 0 Å². The maximum Gasteiger partial charge on any atom is 0.123 e. The molecule has 1 aliphatic heterocycles. The Hall–Kier alpha value is -1.87. The third-order valence-corrected chi connectivity index (χ3v) is 4.33. The van der Waals surface area contributed by atoms with Gasteiger partial charge in [0.25, 0.3) is 0 Å². The molecule has 21 heavy (non-hydrogen) atoms. The minimum atomic E-state index is 0.617. The predicted molar refractivity (Wildman–Crippen MR) is 86.8 cm³/mol. The lowest BCUT2D eigenvalue weighted by atomic mass is 9.90. The Morgan fingerprint density at radius 3 is 2.52 bits per heavy atom. The maximum atomic E-state index is 5.74. The summed E-state index contributed by atoms with van der Waals surface area (Å²) in [5, 5.41) is 0. The van der Waals surface area contributed by atoms with E-state index in [-0.39, 0.29) is 0 Å². The molecule has 0 spiro atoms. The molecule has 3 heteroatoms. The van der Waals surface area contributed by atoms with Crippen LogP contribution in [0.1, 0.15) is 24.0 Å². The van der Waals surface area contributed by atoms with Crippen LogP contribution in [0.25, 0.3) is 0 Å². The molecule has 0 amide bonds. The Balaban J connectivity index is 1.49. The summed E-state index contributed by atoms with van der Waals surface area (Å²) in [6.45, 7) is 3.35. The highest BCUT2D eigenvalue weighted by atomic mass is 15.1. The average molecular weight is 281 g/mol. The van der Waals surface area contributed by atoms with Crippen LogP contribution in [-0.2, 0) is 13.0 Å². The molecule has 110 valence electrons. The first-order chi connectivity index (χ1) is 10.3. The van der Waals surface area contributed by atoms with Crippen LogP contribution in [0.4, 0.5) is 5.82 Å². The van der Waals surface area contributed by atoms with E-state index in [1.54, 1.807) is 6.20 Å². The molecule has 1 aliphatic rings. The van der Waals surface area contributed by atoms with Gasteiger partial charge in [-0.25, -0.2) is 4.98 Å². The summed E-state index contributed by atoms with van der Waals surface area (Å²) in [6.07, 6.45) is 5.59. The smallest absolute Gasteiger partial charge is 0.123 e. The number of hydrogen-bond acceptors (Lipinski definition) is 3. The van der Waals surface area contributed by atoms with Crippen molar-refractivity contribution in [3.05, 3.63) is 59.8 Å². The van der Waals surface area contributed by atoms with Crippen LogP contribution in [0.15, 0.2) is 48.7 Å². The molecule has 1 saturated heterocycles. The molecule has 0 unspecified atom stereocenters. The zero-order chi connectivity index (χ0) is 14.5. The lowest BCUT2D eigenvalue weighted by Crippen LogP contribution is -2.33. The summed E-state index contributed by atoms with van der Waals surface area (Å²) in [5.74, 6) is 1.44. The van der Waals surface area contributed by atoms with Gasteiger partial charge in [0.15, 0.2) is 0 Å². The zero-order valence-electron chi connectivity index (χ0n) is 12.4. The van der Waals surface area contributed by atoms with E-state index < -0.39 is 0 Å². The summed E-state index contributed by atoms with van der Waals surface area (Å²) in [6, 6.07) is 14.9. The van der Waals surface area contributed by atoms with E-state index in [2.05, 4.69) is 46.3 Å². The molecular weight excluding hydrogens is 258 g/mol. The third-order valence-electron chi connectivity index (χ3n) is 4.33. The van der Waals surface area contributed by atoms with Crippen molar-refractivity contribution < 1.29 is 0 Å². The lowest BCUT2D eigenvalue weighted by molar-refractivity contribution is 0.177. The van der Waals surface area contributed by atoms with Crippen molar-refractivity contribution in [2.24, 2.45) is 5.92 Å². The molecule has 0 radical (unpaired) electrons. The minimum Gasteiger partial charge on any atom is -0.384 e. The Labute approximate surface area is 126 Å². The number of nitrogens with two attached hydrogens (primary N) is 1. The van der Waals surface area contributed by atoms with E-state index in [4.69, 9.17) is 5.73 Å². The predicted octanol–water partition coefficient (Wildman–Crippen LogP) is 3.12. The normalized spacial score (nSPS) is 17.0. The highest BCUT2D eigenvalue weighted by Crippen LogP contribution is 2.22. The fourth-order valence-corrected chi connectivity index (χ4v) is 3.15. The summed E-state index contributed by atoms with van der Waals surface area (Å²) >= 11 is 0. The highest BCUT2D eigenvalue weighted by molar-refractivity contribution is 5.31. The van der Waals surface area contributed by atoms with Crippen LogP contribution in [0.3, 0.4) is 0 Å². The monoisotopic (exact) mass is 281 g/mol. The number of benzene rings is 1. The third kappa shape index (κ3) is 4.05. The molecule has 3 nitrogen and oxygen atoms in total. The fourth-order valence-electron chi connectivity index (χ4n) is 3.15. The summed E-state index contributed by atoms with van der Waals surface area (Å²) in [7, 11) is 0. The van der Waals surface area contributed by atoms with Gasteiger partial charge in [-0.15, -0.1) is 0 Å². The van der Waals surface area contributed by atoms with Crippen molar-refractivity contribution in [3.63, 3.8) is 0 Å². The van der Waals surface area contributed by atoms with E-state index in [1.165, 1.54) is 43.5 Å². The van der Waals surface area contributed by atoms with Crippen molar-refractivity contribution in [2.75, 3.05) is 18.8 Å². The molecule has 1 fully saturated rings. The molecule has 2 N–H and O–H groups in total. The number of anilines is 1. The van der Waals surface area contributed by atoms with Crippen molar-refractivity contribution in [3.8, 4) is 0 Å². The number of likely N-dealkylation sites (tertiary alicyclic amines) is 1. The molecule has 0 saturated carbocycles. The number of pyridine rings is 1. The summed E-state index contributed by atoms with van der Waals surface area (Å²) < 4.78 is 0. The quantitative estimate of drug-likeness (QED) is 0.936. The summed E-state index contributed by atoms with van der Waals surface area (Å²) in [5.41, 5.74) is 8.48. The Kier molecular flexibility index (Phi) is 4.51. The van der Waals surface area contributed by atoms with Gasteiger partial charge in [-0.2, -0.15) is 0 Å². The Morgan fingerprint density at radius 2 is 1.81 bits per heavy atom. The lowest BCUT2D eigenvalue weighted by Gasteiger charge is -2.32. The van der Waals surface area contributed by atoms with Crippen molar-refractivity contribution in [1.82, 2.24) is 9.88 Å². The molecule has 1 aromatic carbocycles. The maximum absolute atomic E-state index is 5.74. The number of nitrogens with zero attached hydrogens (tertiary/aromatic N) is 2. The first-order valence-electron chi connectivity index (χ1n) is 7.76. The topological polar surface area (TPSA) is 42.1 Å². The van der Waals surface area contributed by atoms with Gasteiger partial charge in [-0.1, -0.05) is 30.3 Å². The van der Waals surface area contributed by atoms with E-state index in [0.29, 0.717) is 5.82 Å². The highest BCUT2D eigenvalue weighted by Gasteiger charge is 2.19. The molecule has 2 aromatic rings. The molecule has 0 atom stereocenters. The second-order valence-corrected chi connectivity index (χ2v) is 6.00. The molecule has 2 heterocycles. The Morgan fingerprint density at radius 1 is 1.05 bits per heavy atom. The van der Waals surface area contributed by atoms with E-state index in [0.717, 1.165) is 12.5 Å². The Bertz CT molecular complexity index is 560.